The normalized spacial score (nSPS) is 12.4. The molecule has 0 aromatic carbocycles. The average Bonchev–Trinajstić information content (AvgIpc) is 2.16. The summed E-state index contributed by atoms with van der Waals surface area (Å²) in [6.07, 6.45) is 1.10. The van der Waals surface area contributed by atoms with E-state index >= 15 is 0 Å². The summed E-state index contributed by atoms with van der Waals surface area (Å²) in [5.41, 5.74) is 10.4. The molecule has 0 radical (unpaired) electrons. The van der Waals surface area contributed by atoms with Crippen molar-refractivity contribution in [3.05, 3.63) is 0 Å². The van der Waals surface area contributed by atoms with E-state index in [4.69, 9.17) is 21.7 Å². The predicted molar refractivity (Wildman–Crippen MR) is 80.2 cm³/mol. The van der Waals surface area contributed by atoms with E-state index in [0.717, 1.165) is 0 Å². The number of hydrogen-bond acceptors (Lipinski definition) is 6. The molecule has 12 N–H and O–H groups in total. The topological polar surface area (TPSA) is 197 Å². The fraction of sp³-hybridized carbons (Fsp3) is 0.833. The zero-order valence-corrected chi connectivity index (χ0v) is 13.0. The van der Waals surface area contributed by atoms with Crippen LogP contribution in [0.1, 0.15) is 40.5 Å². The van der Waals surface area contributed by atoms with Crippen molar-refractivity contribution in [2.45, 2.75) is 52.6 Å². The average molecular weight is 296 g/mol. The molecule has 8 heteroatoms. The number of carboxylic acid groups (broad SMARTS) is 2. The molecular weight excluding hydrogens is 264 g/mol. The van der Waals surface area contributed by atoms with Crippen LogP contribution < -0.4 is 23.8 Å². The summed E-state index contributed by atoms with van der Waals surface area (Å²) in [4.78, 5) is 20.2. The third-order valence-electron chi connectivity index (χ3n) is 2.09. The first-order chi connectivity index (χ1) is 8.07. The molecule has 0 amide bonds. The third-order valence-corrected chi connectivity index (χ3v) is 2.09. The highest BCUT2D eigenvalue weighted by molar-refractivity contribution is 5.73. The standard InChI is InChI=1S/2C6H13NO2.2H3N/c2*1-4(2)3-5(7)6(8)9;;/h2*4-5H,3,7H2,1-2H3,(H,8,9);2*1H3/t2*5-;;/m00../s1. The van der Waals surface area contributed by atoms with Crippen molar-refractivity contribution in [1.29, 1.82) is 0 Å². The Balaban J connectivity index is -0.000000116. The summed E-state index contributed by atoms with van der Waals surface area (Å²) in [5, 5.41) is 16.6. The summed E-state index contributed by atoms with van der Waals surface area (Å²) < 4.78 is 0. The maximum Gasteiger partial charge on any atom is 0.320 e. The minimum Gasteiger partial charge on any atom is -0.480 e. The molecule has 0 fully saturated rings. The first kappa shape index (κ1) is 27.2. The number of carbonyl (C=O) groups is 2. The Morgan fingerprint density at radius 3 is 1.05 bits per heavy atom. The molecule has 0 unspecified atom stereocenters. The van der Waals surface area contributed by atoms with E-state index in [-0.39, 0.29) is 12.3 Å². The van der Waals surface area contributed by atoms with Gasteiger partial charge in [0.15, 0.2) is 0 Å². The quantitative estimate of drug-likeness (QED) is 0.420. The second-order valence-electron chi connectivity index (χ2n) is 5.15. The van der Waals surface area contributed by atoms with Crippen molar-refractivity contribution >= 4 is 11.9 Å². The summed E-state index contributed by atoms with van der Waals surface area (Å²) in [6.45, 7) is 7.79. The van der Waals surface area contributed by atoms with Gasteiger partial charge in [0.25, 0.3) is 0 Å². The van der Waals surface area contributed by atoms with E-state index in [9.17, 15) is 9.59 Å². The smallest absolute Gasteiger partial charge is 0.320 e. The second kappa shape index (κ2) is 14.2. The molecule has 0 aromatic heterocycles. The fourth-order valence-corrected chi connectivity index (χ4v) is 1.22. The van der Waals surface area contributed by atoms with Crippen LogP contribution in [0.5, 0.6) is 0 Å². The van der Waals surface area contributed by atoms with Crippen molar-refractivity contribution in [3.63, 3.8) is 0 Å². The number of hydrogen-bond donors (Lipinski definition) is 6. The van der Waals surface area contributed by atoms with Crippen LogP contribution in [-0.2, 0) is 9.59 Å². The monoisotopic (exact) mass is 296 g/mol. The van der Waals surface area contributed by atoms with E-state index in [1.807, 2.05) is 27.7 Å². The van der Waals surface area contributed by atoms with Gasteiger partial charge >= 0.3 is 11.9 Å². The van der Waals surface area contributed by atoms with Gasteiger partial charge in [-0.25, -0.2) is 0 Å². The third kappa shape index (κ3) is 19.1. The maximum atomic E-state index is 10.1. The molecule has 0 aromatic rings. The Labute approximate surface area is 121 Å². The molecular formula is C12H32N4O4. The van der Waals surface area contributed by atoms with Crippen LogP contribution in [0.3, 0.4) is 0 Å². The minimum absolute atomic E-state index is 0. The summed E-state index contributed by atoms with van der Waals surface area (Å²) in [5.74, 6) is -1.11. The van der Waals surface area contributed by atoms with Crippen LogP contribution in [0.15, 0.2) is 0 Å². The lowest BCUT2D eigenvalue weighted by atomic mass is 10.1. The number of rotatable bonds is 6. The van der Waals surface area contributed by atoms with Gasteiger partial charge < -0.3 is 34.0 Å². The molecule has 0 aliphatic heterocycles. The number of carboxylic acids is 2. The second-order valence-corrected chi connectivity index (χ2v) is 5.15. The molecule has 0 aliphatic carbocycles. The van der Waals surface area contributed by atoms with E-state index < -0.39 is 24.0 Å². The van der Waals surface area contributed by atoms with Gasteiger partial charge in [-0.15, -0.1) is 0 Å². The van der Waals surface area contributed by atoms with Crippen LogP contribution in [0, 0.1) is 11.8 Å². The Bertz CT molecular complexity index is 234. The Hall–Kier alpha value is -1.22. The number of nitrogens with two attached hydrogens (primary N) is 2. The van der Waals surface area contributed by atoms with Gasteiger partial charge in [0.05, 0.1) is 0 Å². The first-order valence-electron chi connectivity index (χ1n) is 6.04. The predicted octanol–water partition coefficient (Wildman–Crippen LogP) is 1.21. The van der Waals surface area contributed by atoms with Crippen molar-refractivity contribution in [2.24, 2.45) is 23.3 Å². The highest BCUT2D eigenvalue weighted by atomic mass is 16.4. The molecule has 0 saturated heterocycles. The maximum absolute atomic E-state index is 10.1. The molecule has 124 valence electrons. The van der Waals surface area contributed by atoms with E-state index in [1.54, 1.807) is 0 Å². The van der Waals surface area contributed by atoms with Crippen LogP contribution in [0.4, 0.5) is 0 Å². The highest BCUT2D eigenvalue weighted by Gasteiger charge is 2.12. The molecule has 2 atom stereocenters. The Morgan fingerprint density at radius 2 is 1.00 bits per heavy atom. The molecule has 0 rings (SSSR count). The van der Waals surface area contributed by atoms with Crippen LogP contribution in [0.2, 0.25) is 0 Å². The molecule has 0 aliphatic rings. The van der Waals surface area contributed by atoms with Gasteiger partial charge in [0.1, 0.15) is 12.1 Å². The SMILES string of the molecule is CC(C)C[C@H](N)C(=O)O.CC(C)C[C@H](N)C(=O)O.N.N. The van der Waals surface area contributed by atoms with Crippen molar-refractivity contribution in [3.8, 4) is 0 Å². The van der Waals surface area contributed by atoms with E-state index in [2.05, 4.69) is 0 Å². The highest BCUT2D eigenvalue weighted by Crippen LogP contribution is 2.02. The van der Waals surface area contributed by atoms with Gasteiger partial charge in [0, 0.05) is 0 Å². The molecule has 8 nitrogen and oxygen atoms in total. The van der Waals surface area contributed by atoms with Crippen LogP contribution >= 0.6 is 0 Å². The van der Waals surface area contributed by atoms with Crippen molar-refractivity contribution in [1.82, 2.24) is 12.3 Å². The lowest BCUT2D eigenvalue weighted by Gasteiger charge is -2.07. The van der Waals surface area contributed by atoms with Crippen molar-refractivity contribution in [2.75, 3.05) is 0 Å². The van der Waals surface area contributed by atoms with Gasteiger partial charge in [0.2, 0.25) is 0 Å². The van der Waals surface area contributed by atoms with Gasteiger partial charge in [-0.3, -0.25) is 9.59 Å². The van der Waals surface area contributed by atoms with E-state index in [0.29, 0.717) is 24.7 Å². The van der Waals surface area contributed by atoms with Crippen molar-refractivity contribution < 1.29 is 19.8 Å². The minimum atomic E-state index is -0.913. The molecule has 0 spiro atoms. The zero-order valence-electron chi connectivity index (χ0n) is 13.0. The van der Waals surface area contributed by atoms with Crippen LogP contribution in [-0.4, -0.2) is 34.2 Å². The summed E-state index contributed by atoms with van der Waals surface area (Å²) >= 11 is 0. The molecule has 20 heavy (non-hydrogen) atoms. The molecule has 0 saturated carbocycles. The van der Waals surface area contributed by atoms with Gasteiger partial charge in [-0.1, -0.05) is 27.7 Å². The summed E-state index contributed by atoms with van der Waals surface area (Å²) in [6, 6.07) is -1.38. The van der Waals surface area contributed by atoms with Gasteiger partial charge in [-0.05, 0) is 24.7 Å². The number of aliphatic carboxylic acids is 2. The van der Waals surface area contributed by atoms with Gasteiger partial charge in [-0.2, -0.15) is 0 Å². The molecule has 0 heterocycles. The summed E-state index contributed by atoms with van der Waals surface area (Å²) in [7, 11) is 0. The van der Waals surface area contributed by atoms with E-state index in [1.165, 1.54) is 0 Å². The fourth-order valence-electron chi connectivity index (χ4n) is 1.22. The molecule has 0 bridgehead atoms. The lowest BCUT2D eigenvalue weighted by Crippen LogP contribution is -2.31. The first-order valence-corrected chi connectivity index (χ1v) is 6.04. The Morgan fingerprint density at radius 1 is 0.800 bits per heavy atom. The largest absolute Gasteiger partial charge is 0.480 e. The Kier molecular flexibility index (Phi) is 19.3. The van der Waals surface area contributed by atoms with Crippen LogP contribution in [0.25, 0.3) is 0 Å². The lowest BCUT2D eigenvalue weighted by molar-refractivity contribution is -0.139. The zero-order chi connectivity index (χ0) is 14.9.